The molecule has 0 aromatic rings. The van der Waals surface area contributed by atoms with Crippen molar-refractivity contribution in [1.82, 2.24) is 4.90 Å². The lowest BCUT2D eigenvalue weighted by Gasteiger charge is -2.34. The van der Waals surface area contributed by atoms with Crippen LogP contribution >= 0.6 is 0 Å². The van der Waals surface area contributed by atoms with Gasteiger partial charge >= 0.3 is 0 Å². The molecule has 0 aromatic heterocycles. The largest absolute Gasteiger partial charge is 0.409 e. The van der Waals surface area contributed by atoms with Gasteiger partial charge in [-0.15, -0.1) is 0 Å². The topological polar surface area (TPSA) is 88.2 Å². The highest BCUT2D eigenvalue weighted by Gasteiger charge is 2.30. The van der Waals surface area contributed by atoms with Gasteiger partial charge in [0.2, 0.25) is 5.91 Å². The Morgan fingerprint density at radius 3 is 2.74 bits per heavy atom. The van der Waals surface area contributed by atoms with E-state index in [-0.39, 0.29) is 17.2 Å². The molecule has 2 unspecified atom stereocenters. The highest BCUT2D eigenvalue weighted by atomic mass is 16.5. The molecule has 2 atom stereocenters. The van der Waals surface area contributed by atoms with Crippen LogP contribution in [0.25, 0.3) is 0 Å². The number of ether oxygens (including phenoxy) is 1. The normalized spacial score (nSPS) is 23.3. The molecule has 6 heteroatoms. The van der Waals surface area contributed by atoms with Crippen molar-refractivity contribution in [3.05, 3.63) is 0 Å². The number of amides is 1. The quantitative estimate of drug-likeness (QED) is 0.347. The van der Waals surface area contributed by atoms with Crippen LogP contribution in [0.15, 0.2) is 5.16 Å². The average Bonchev–Trinajstić information content (AvgIpc) is 2.36. The van der Waals surface area contributed by atoms with E-state index in [2.05, 4.69) is 32.9 Å². The molecule has 19 heavy (non-hydrogen) atoms. The maximum atomic E-state index is 12.2. The molecule has 1 heterocycles. The van der Waals surface area contributed by atoms with Crippen molar-refractivity contribution in [2.45, 2.75) is 40.2 Å². The van der Waals surface area contributed by atoms with Crippen LogP contribution in [0.3, 0.4) is 0 Å². The number of hydrogen-bond donors (Lipinski definition) is 2. The molecule has 1 aliphatic rings. The fourth-order valence-corrected chi connectivity index (χ4v) is 1.82. The number of nitrogens with two attached hydrogens (primary N) is 1. The number of nitrogens with zero attached hydrogens (tertiary/aromatic N) is 2. The summed E-state index contributed by atoms with van der Waals surface area (Å²) in [6, 6.07) is 0. The molecule has 0 spiro atoms. The van der Waals surface area contributed by atoms with E-state index in [1.807, 2.05) is 0 Å². The van der Waals surface area contributed by atoms with Crippen molar-refractivity contribution in [1.29, 1.82) is 0 Å². The maximum absolute atomic E-state index is 12.2. The molecule has 6 nitrogen and oxygen atoms in total. The Kier molecular flexibility index (Phi) is 5.17. The van der Waals surface area contributed by atoms with Gasteiger partial charge in [0.1, 0.15) is 6.10 Å². The fourth-order valence-electron chi connectivity index (χ4n) is 1.82. The highest BCUT2D eigenvalue weighted by molar-refractivity contribution is 5.85. The lowest BCUT2D eigenvalue weighted by molar-refractivity contribution is -0.138. The molecule has 1 aliphatic heterocycles. The van der Waals surface area contributed by atoms with Gasteiger partial charge in [0.05, 0.1) is 13.2 Å². The Labute approximate surface area is 114 Å². The third kappa shape index (κ3) is 4.38. The Bertz CT molecular complexity index is 350. The summed E-state index contributed by atoms with van der Waals surface area (Å²) >= 11 is 0. The molecular formula is C13H25N3O3. The Hall–Kier alpha value is -1.30. The SMILES string of the molecule is CC(CC(=O)N1CCOC(C(N)=NO)C1)C(C)(C)C. The smallest absolute Gasteiger partial charge is 0.223 e. The number of carbonyl (C=O) groups excluding carboxylic acids is 1. The van der Waals surface area contributed by atoms with Crippen LogP contribution in [-0.2, 0) is 9.53 Å². The molecule has 0 aromatic carbocycles. The van der Waals surface area contributed by atoms with E-state index in [0.29, 0.717) is 32.0 Å². The van der Waals surface area contributed by atoms with Gasteiger partial charge in [-0.05, 0) is 11.3 Å². The second-order valence-corrected chi connectivity index (χ2v) is 6.20. The number of hydrogen-bond acceptors (Lipinski definition) is 4. The van der Waals surface area contributed by atoms with Gasteiger partial charge in [-0.25, -0.2) is 0 Å². The van der Waals surface area contributed by atoms with Gasteiger partial charge in [-0.3, -0.25) is 4.79 Å². The second-order valence-electron chi connectivity index (χ2n) is 6.20. The van der Waals surface area contributed by atoms with E-state index >= 15 is 0 Å². The second kappa shape index (κ2) is 6.23. The summed E-state index contributed by atoms with van der Waals surface area (Å²) in [6.07, 6.45) is -0.000470. The van der Waals surface area contributed by atoms with E-state index in [0.717, 1.165) is 0 Å². The van der Waals surface area contributed by atoms with Crippen LogP contribution in [0.2, 0.25) is 0 Å². The Morgan fingerprint density at radius 1 is 1.58 bits per heavy atom. The minimum Gasteiger partial charge on any atom is -0.409 e. The number of morpholine rings is 1. The van der Waals surface area contributed by atoms with Gasteiger partial charge < -0.3 is 20.6 Å². The van der Waals surface area contributed by atoms with Crippen LogP contribution < -0.4 is 5.73 Å². The van der Waals surface area contributed by atoms with Gasteiger partial charge in [0.25, 0.3) is 0 Å². The van der Waals surface area contributed by atoms with Gasteiger partial charge in [-0.2, -0.15) is 0 Å². The minimum atomic E-state index is -0.507. The first-order valence-corrected chi connectivity index (χ1v) is 6.62. The van der Waals surface area contributed by atoms with Crippen molar-refractivity contribution >= 4 is 11.7 Å². The van der Waals surface area contributed by atoms with Crippen molar-refractivity contribution in [2.24, 2.45) is 22.2 Å². The molecule has 0 saturated carbocycles. The Balaban J connectivity index is 2.58. The van der Waals surface area contributed by atoms with Crippen molar-refractivity contribution in [3.8, 4) is 0 Å². The van der Waals surface area contributed by atoms with E-state index in [9.17, 15) is 4.79 Å². The molecule has 0 radical (unpaired) electrons. The monoisotopic (exact) mass is 271 g/mol. The summed E-state index contributed by atoms with van der Waals surface area (Å²) in [4.78, 5) is 14.0. The van der Waals surface area contributed by atoms with E-state index < -0.39 is 6.10 Å². The van der Waals surface area contributed by atoms with Crippen molar-refractivity contribution in [2.75, 3.05) is 19.7 Å². The number of amidine groups is 1. The van der Waals surface area contributed by atoms with Crippen LogP contribution in [0, 0.1) is 11.3 Å². The summed E-state index contributed by atoms with van der Waals surface area (Å²) in [5.74, 6) is 0.410. The zero-order valence-corrected chi connectivity index (χ0v) is 12.2. The standard InChI is InChI=1S/C13H25N3O3/c1-9(13(2,3)4)7-11(17)16-5-6-19-10(8-16)12(14)15-18/h9-10,18H,5-8H2,1-4H3,(H2,14,15). The average molecular weight is 271 g/mol. The number of rotatable bonds is 3. The van der Waals surface area contributed by atoms with Crippen LogP contribution in [-0.4, -0.2) is 47.7 Å². The molecule has 1 saturated heterocycles. The third-order valence-electron chi connectivity index (χ3n) is 3.82. The number of oxime groups is 1. The van der Waals surface area contributed by atoms with Gasteiger partial charge in [0, 0.05) is 13.0 Å². The number of carbonyl (C=O) groups is 1. The molecule has 0 bridgehead atoms. The summed E-state index contributed by atoms with van der Waals surface area (Å²) in [5.41, 5.74) is 5.62. The summed E-state index contributed by atoms with van der Waals surface area (Å²) in [6.45, 7) is 9.79. The predicted molar refractivity (Wildman–Crippen MR) is 73.0 cm³/mol. The third-order valence-corrected chi connectivity index (χ3v) is 3.82. The minimum absolute atomic E-state index is 0.0152. The molecular weight excluding hydrogens is 246 g/mol. The lowest BCUT2D eigenvalue weighted by atomic mass is 9.80. The first-order valence-electron chi connectivity index (χ1n) is 6.62. The summed E-state index contributed by atoms with van der Waals surface area (Å²) < 4.78 is 5.37. The molecule has 1 amide bonds. The fraction of sp³-hybridized carbons (Fsp3) is 0.846. The van der Waals surface area contributed by atoms with Gasteiger partial charge in [0.15, 0.2) is 5.84 Å². The van der Waals surface area contributed by atoms with Crippen molar-refractivity contribution in [3.63, 3.8) is 0 Å². The van der Waals surface area contributed by atoms with Crippen LogP contribution in [0.4, 0.5) is 0 Å². The summed E-state index contributed by atoms with van der Waals surface area (Å²) in [7, 11) is 0. The first-order chi connectivity index (χ1) is 8.75. The molecule has 1 fully saturated rings. The zero-order valence-electron chi connectivity index (χ0n) is 12.2. The predicted octanol–water partition coefficient (Wildman–Crippen LogP) is 1.03. The van der Waals surface area contributed by atoms with E-state index in [1.54, 1.807) is 4.90 Å². The maximum Gasteiger partial charge on any atom is 0.223 e. The van der Waals surface area contributed by atoms with Crippen LogP contribution in [0.1, 0.15) is 34.1 Å². The van der Waals surface area contributed by atoms with E-state index in [1.165, 1.54) is 0 Å². The lowest BCUT2D eigenvalue weighted by Crippen LogP contribution is -2.51. The molecule has 0 aliphatic carbocycles. The molecule has 3 N–H and O–H groups in total. The molecule has 1 rings (SSSR count). The Morgan fingerprint density at radius 2 is 2.21 bits per heavy atom. The van der Waals surface area contributed by atoms with Crippen molar-refractivity contribution < 1.29 is 14.7 Å². The highest BCUT2D eigenvalue weighted by Crippen LogP contribution is 2.28. The summed E-state index contributed by atoms with van der Waals surface area (Å²) in [5, 5.41) is 11.6. The van der Waals surface area contributed by atoms with Gasteiger partial charge in [-0.1, -0.05) is 32.9 Å². The van der Waals surface area contributed by atoms with E-state index in [4.69, 9.17) is 15.7 Å². The first kappa shape index (κ1) is 15.8. The molecule has 110 valence electrons. The van der Waals surface area contributed by atoms with Crippen LogP contribution in [0.5, 0.6) is 0 Å². The zero-order chi connectivity index (χ0) is 14.6.